The SMILES string of the molecule is CCNc1ccccc1C(=O)N1CCCC2CCCC21. The number of hydrogen-bond acceptors (Lipinski definition) is 2. The highest BCUT2D eigenvalue weighted by Gasteiger charge is 2.37. The van der Waals surface area contributed by atoms with E-state index in [1.165, 1.54) is 25.7 Å². The number of amides is 1. The monoisotopic (exact) mass is 272 g/mol. The molecule has 2 fully saturated rings. The van der Waals surface area contributed by atoms with Crippen molar-refractivity contribution in [2.75, 3.05) is 18.4 Å². The van der Waals surface area contributed by atoms with Gasteiger partial charge in [0.15, 0.2) is 0 Å². The number of rotatable bonds is 3. The summed E-state index contributed by atoms with van der Waals surface area (Å²) >= 11 is 0. The smallest absolute Gasteiger partial charge is 0.256 e. The van der Waals surface area contributed by atoms with Crippen LogP contribution in [-0.2, 0) is 0 Å². The van der Waals surface area contributed by atoms with Crippen molar-refractivity contribution in [1.82, 2.24) is 4.90 Å². The first-order valence-corrected chi connectivity index (χ1v) is 7.95. The molecule has 3 rings (SSSR count). The molecule has 1 N–H and O–H groups in total. The normalized spacial score (nSPS) is 25.4. The third kappa shape index (κ3) is 2.41. The number of benzene rings is 1. The number of nitrogens with one attached hydrogen (secondary N) is 1. The standard InChI is InChI=1S/C17H24N2O/c1-2-18-15-10-4-3-9-14(15)17(20)19-12-6-8-13-7-5-11-16(13)19/h3-4,9-10,13,16,18H,2,5-8,11-12H2,1H3. The Hall–Kier alpha value is -1.51. The molecule has 1 aromatic carbocycles. The highest BCUT2D eigenvalue weighted by Crippen LogP contribution is 2.37. The van der Waals surface area contributed by atoms with E-state index in [4.69, 9.17) is 0 Å². The first-order valence-electron chi connectivity index (χ1n) is 7.95. The van der Waals surface area contributed by atoms with Gasteiger partial charge in [0.2, 0.25) is 0 Å². The minimum atomic E-state index is 0.221. The largest absolute Gasteiger partial charge is 0.385 e. The van der Waals surface area contributed by atoms with Crippen LogP contribution < -0.4 is 5.32 Å². The second-order valence-corrected chi connectivity index (χ2v) is 5.98. The summed E-state index contributed by atoms with van der Waals surface area (Å²) in [5, 5.41) is 3.31. The molecular weight excluding hydrogens is 248 g/mol. The molecule has 2 unspecified atom stereocenters. The van der Waals surface area contributed by atoms with E-state index in [0.29, 0.717) is 6.04 Å². The van der Waals surface area contributed by atoms with E-state index < -0.39 is 0 Å². The average molecular weight is 272 g/mol. The van der Waals surface area contributed by atoms with E-state index in [0.717, 1.165) is 36.7 Å². The van der Waals surface area contributed by atoms with Crippen molar-refractivity contribution in [3.63, 3.8) is 0 Å². The van der Waals surface area contributed by atoms with Gasteiger partial charge in [-0.15, -0.1) is 0 Å². The molecule has 1 heterocycles. The molecule has 0 spiro atoms. The fraction of sp³-hybridized carbons (Fsp3) is 0.588. The molecule has 3 heteroatoms. The number of para-hydroxylation sites is 1. The Morgan fingerprint density at radius 2 is 2.05 bits per heavy atom. The summed E-state index contributed by atoms with van der Waals surface area (Å²) in [7, 11) is 0. The van der Waals surface area contributed by atoms with Crippen LogP contribution in [0.5, 0.6) is 0 Å². The zero-order valence-electron chi connectivity index (χ0n) is 12.3. The third-order valence-electron chi connectivity index (χ3n) is 4.78. The second-order valence-electron chi connectivity index (χ2n) is 5.98. The molecule has 2 atom stereocenters. The summed E-state index contributed by atoms with van der Waals surface area (Å²) < 4.78 is 0. The summed E-state index contributed by atoms with van der Waals surface area (Å²) in [5.41, 5.74) is 1.81. The Morgan fingerprint density at radius 3 is 2.90 bits per heavy atom. The van der Waals surface area contributed by atoms with Gasteiger partial charge in [0.25, 0.3) is 5.91 Å². The highest BCUT2D eigenvalue weighted by atomic mass is 16.2. The number of hydrogen-bond donors (Lipinski definition) is 1. The maximum absolute atomic E-state index is 12.9. The number of carbonyl (C=O) groups is 1. The quantitative estimate of drug-likeness (QED) is 0.913. The number of piperidine rings is 1. The van der Waals surface area contributed by atoms with Gasteiger partial charge in [-0.2, -0.15) is 0 Å². The topological polar surface area (TPSA) is 32.3 Å². The summed E-state index contributed by atoms with van der Waals surface area (Å²) in [4.78, 5) is 15.1. The Balaban J connectivity index is 1.84. The van der Waals surface area contributed by atoms with Crippen LogP contribution in [0.25, 0.3) is 0 Å². The lowest BCUT2D eigenvalue weighted by atomic mass is 9.91. The van der Waals surface area contributed by atoms with Gasteiger partial charge >= 0.3 is 0 Å². The number of anilines is 1. The van der Waals surface area contributed by atoms with Crippen molar-refractivity contribution >= 4 is 11.6 Å². The predicted octanol–water partition coefficient (Wildman–Crippen LogP) is 3.52. The molecule has 1 aliphatic carbocycles. The van der Waals surface area contributed by atoms with Crippen LogP contribution in [0.3, 0.4) is 0 Å². The fourth-order valence-corrected chi connectivity index (χ4v) is 3.88. The van der Waals surface area contributed by atoms with E-state index >= 15 is 0 Å². The van der Waals surface area contributed by atoms with Gasteiger partial charge < -0.3 is 10.2 Å². The Labute approximate surface area is 121 Å². The molecule has 108 valence electrons. The molecular formula is C17H24N2O. The molecule has 1 saturated carbocycles. The van der Waals surface area contributed by atoms with Crippen molar-refractivity contribution in [2.24, 2.45) is 5.92 Å². The van der Waals surface area contributed by atoms with E-state index in [2.05, 4.69) is 17.1 Å². The lowest BCUT2D eigenvalue weighted by Gasteiger charge is -2.38. The maximum Gasteiger partial charge on any atom is 0.256 e. The van der Waals surface area contributed by atoms with E-state index in [1.807, 2.05) is 24.3 Å². The van der Waals surface area contributed by atoms with Crippen LogP contribution in [0.1, 0.15) is 49.4 Å². The highest BCUT2D eigenvalue weighted by molar-refractivity contribution is 5.99. The van der Waals surface area contributed by atoms with Gasteiger partial charge in [-0.05, 0) is 50.7 Å². The zero-order chi connectivity index (χ0) is 13.9. The lowest BCUT2D eigenvalue weighted by Crippen LogP contribution is -2.46. The summed E-state index contributed by atoms with van der Waals surface area (Å²) in [6.45, 7) is 3.84. The van der Waals surface area contributed by atoms with Crippen molar-refractivity contribution < 1.29 is 4.79 Å². The first-order chi connectivity index (χ1) is 9.81. The average Bonchev–Trinajstić information content (AvgIpc) is 2.96. The number of nitrogens with zero attached hydrogens (tertiary/aromatic N) is 1. The predicted molar refractivity (Wildman–Crippen MR) is 82.0 cm³/mol. The molecule has 0 aromatic heterocycles. The van der Waals surface area contributed by atoms with Crippen molar-refractivity contribution in [2.45, 2.75) is 45.1 Å². The van der Waals surface area contributed by atoms with E-state index in [-0.39, 0.29) is 5.91 Å². The molecule has 1 aliphatic heterocycles. The molecule has 20 heavy (non-hydrogen) atoms. The number of likely N-dealkylation sites (tertiary alicyclic amines) is 1. The maximum atomic E-state index is 12.9. The van der Waals surface area contributed by atoms with Crippen LogP contribution in [0.4, 0.5) is 5.69 Å². The van der Waals surface area contributed by atoms with Crippen molar-refractivity contribution in [3.05, 3.63) is 29.8 Å². The van der Waals surface area contributed by atoms with Crippen LogP contribution in [0.15, 0.2) is 24.3 Å². The van der Waals surface area contributed by atoms with E-state index in [1.54, 1.807) is 0 Å². The number of fused-ring (bicyclic) bond motifs is 1. The van der Waals surface area contributed by atoms with Gasteiger partial charge in [0.05, 0.1) is 5.56 Å². The Bertz CT molecular complexity index is 486. The van der Waals surface area contributed by atoms with Crippen LogP contribution in [-0.4, -0.2) is 29.9 Å². The van der Waals surface area contributed by atoms with Gasteiger partial charge in [-0.3, -0.25) is 4.79 Å². The molecule has 2 aliphatic rings. The summed E-state index contributed by atoms with van der Waals surface area (Å²) in [6.07, 6.45) is 6.26. The molecule has 3 nitrogen and oxygen atoms in total. The summed E-state index contributed by atoms with van der Waals surface area (Å²) in [5.74, 6) is 0.970. The van der Waals surface area contributed by atoms with Crippen molar-refractivity contribution in [3.8, 4) is 0 Å². The fourth-order valence-electron chi connectivity index (χ4n) is 3.88. The number of carbonyl (C=O) groups excluding carboxylic acids is 1. The van der Waals surface area contributed by atoms with Gasteiger partial charge in [0.1, 0.15) is 0 Å². The Kier molecular flexibility index (Phi) is 3.95. The van der Waals surface area contributed by atoms with Crippen molar-refractivity contribution in [1.29, 1.82) is 0 Å². The van der Waals surface area contributed by atoms with E-state index in [9.17, 15) is 4.79 Å². The lowest BCUT2D eigenvalue weighted by molar-refractivity contribution is 0.0549. The first kappa shape index (κ1) is 13.5. The van der Waals surface area contributed by atoms with Crippen LogP contribution in [0, 0.1) is 5.92 Å². The molecule has 0 bridgehead atoms. The summed E-state index contributed by atoms with van der Waals surface area (Å²) in [6, 6.07) is 8.41. The zero-order valence-corrected chi connectivity index (χ0v) is 12.3. The van der Waals surface area contributed by atoms with Gasteiger partial charge in [-0.25, -0.2) is 0 Å². The van der Waals surface area contributed by atoms with Gasteiger partial charge in [-0.1, -0.05) is 18.6 Å². The minimum Gasteiger partial charge on any atom is -0.385 e. The minimum absolute atomic E-state index is 0.221. The molecule has 0 radical (unpaired) electrons. The Morgan fingerprint density at radius 1 is 1.25 bits per heavy atom. The van der Waals surface area contributed by atoms with Gasteiger partial charge in [0, 0.05) is 24.8 Å². The molecule has 1 saturated heterocycles. The van der Waals surface area contributed by atoms with Crippen LogP contribution in [0.2, 0.25) is 0 Å². The van der Waals surface area contributed by atoms with Crippen LogP contribution >= 0.6 is 0 Å². The molecule has 1 amide bonds. The molecule has 1 aromatic rings. The third-order valence-corrected chi connectivity index (χ3v) is 4.78. The second kappa shape index (κ2) is 5.86.